The second kappa shape index (κ2) is 10.6. The molecule has 2 N–H and O–H groups in total. The van der Waals surface area contributed by atoms with Crippen molar-refractivity contribution in [2.45, 2.75) is 44.8 Å². The molecule has 0 aromatic heterocycles. The van der Waals surface area contributed by atoms with E-state index in [1.807, 2.05) is 48.5 Å². The summed E-state index contributed by atoms with van der Waals surface area (Å²) in [4.78, 5) is 49.7. The summed E-state index contributed by atoms with van der Waals surface area (Å²) >= 11 is 0. The number of benzene rings is 2. The Kier molecular flexibility index (Phi) is 7.78. The van der Waals surface area contributed by atoms with Crippen LogP contribution in [0.3, 0.4) is 0 Å². The molecule has 186 valence electrons. The van der Waals surface area contributed by atoms with Crippen LogP contribution in [0.5, 0.6) is 0 Å². The number of fused-ring (bicyclic) bond motifs is 3. The predicted molar refractivity (Wildman–Crippen MR) is 128 cm³/mol. The number of aliphatic carboxylic acids is 1. The van der Waals surface area contributed by atoms with Crippen molar-refractivity contribution in [1.82, 2.24) is 10.2 Å². The fraction of sp³-hybridized carbons (Fsp3) is 0.385. The van der Waals surface area contributed by atoms with Gasteiger partial charge >= 0.3 is 18.0 Å². The third-order valence-electron chi connectivity index (χ3n) is 5.47. The highest BCUT2D eigenvalue weighted by Crippen LogP contribution is 2.44. The van der Waals surface area contributed by atoms with Gasteiger partial charge in [-0.15, -0.1) is 0 Å². The Hall–Kier alpha value is -3.88. The van der Waals surface area contributed by atoms with Crippen molar-refractivity contribution in [3.8, 4) is 11.1 Å². The summed E-state index contributed by atoms with van der Waals surface area (Å²) in [6, 6.07) is 14.4. The Labute approximate surface area is 204 Å². The Morgan fingerprint density at radius 1 is 1.00 bits per heavy atom. The van der Waals surface area contributed by atoms with E-state index in [0.29, 0.717) is 0 Å². The Balaban J connectivity index is 1.71. The van der Waals surface area contributed by atoms with Crippen molar-refractivity contribution < 1.29 is 33.8 Å². The van der Waals surface area contributed by atoms with Crippen LogP contribution in [0.2, 0.25) is 0 Å². The molecule has 2 aromatic rings. The van der Waals surface area contributed by atoms with Gasteiger partial charge in [0.2, 0.25) is 5.91 Å². The van der Waals surface area contributed by atoms with Crippen LogP contribution in [-0.4, -0.2) is 65.8 Å². The lowest BCUT2D eigenvalue weighted by Gasteiger charge is -2.25. The number of ether oxygens (including phenoxy) is 2. The molecule has 0 aliphatic heterocycles. The lowest BCUT2D eigenvalue weighted by molar-refractivity contribution is -0.157. The number of alkyl carbamates (subject to hydrolysis) is 1. The van der Waals surface area contributed by atoms with Crippen LogP contribution in [0.15, 0.2) is 48.5 Å². The van der Waals surface area contributed by atoms with Gasteiger partial charge in [-0.1, -0.05) is 48.5 Å². The van der Waals surface area contributed by atoms with Gasteiger partial charge in [0.25, 0.3) is 0 Å². The van der Waals surface area contributed by atoms with Gasteiger partial charge in [-0.25, -0.2) is 4.79 Å². The molecule has 0 saturated heterocycles. The number of carbonyl (C=O) groups excluding carboxylic acids is 3. The zero-order valence-electron chi connectivity index (χ0n) is 20.2. The van der Waals surface area contributed by atoms with E-state index in [-0.39, 0.29) is 12.5 Å². The lowest BCUT2D eigenvalue weighted by atomic mass is 9.98. The number of esters is 1. The topological polar surface area (TPSA) is 122 Å². The first-order valence-corrected chi connectivity index (χ1v) is 11.3. The van der Waals surface area contributed by atoms with Crippen LogP contribution in [0.25, 0.3) is 11.1 Å². The standard InChI is InChI=1S/C26H30N2O7/c1-26(2,3)35-23(31)13-21(24(32)28(4)14-22(29)30)27-25(33)34-15-20-18-11-7-5-9-16(18)17-10-6-8-12-19(17)20/h5-12,20-21H,13-15H2,1-4H3,(H,27,33)(H,29,30)/t21-/m0/s1. The highest BCUT2D eigenvalue weighted by molar-refractivity contribution is 5.91. The van der Waals surface area contributed by atoms with Gasteiger partial charge in [0, 0.05) is 13.0 Å². The molecule has 0 saturated carbocycles. The van der Waals surface area contributed by atoms with E-state index >= 15 is 0 Å². The van der Waals surface area contributed by atoms with Crippen LogP contribution in [0.4, 0.5) is 4.79 Å². The number of amides is 2. The molecule has 35 heavy (non-hydrogen) atoms. The summed E-state index contributed by atoms with van der Waals surface area (Å²) in [7, 11) is 1.28. The minimum atomic E-state index is -1.34. The molecule has 1 aliphatic carbocycles. The largest absolute Gasteiger partial charge is 0.480 e. The molecular formula is C26H30N2O7. The fourth-order valence-corrected chi connectivity index (χ4v) is 4.08. The summed E-state index contributed by atoms with van der Waals surface area (Å²) in [5, 5.41) is 11.4. The molecule has 0 fully saturated rings. The molecule has 0 spiro atoms. The number of likely N-dealkylation sites (N-methyl/N-ethyl adjacent to an activating group) is 1. The van der Waals surface area contributed by atoms with Crippen molar-refractivity contribution in [3.05, 3.63) is 59.7 Å². The van der Waals surface area contributed by atoms with Crippen LogP contribution >= 0.6 is 0 Å². The first-order valence-electron chi connectivity index (χ1n) is 11.3. The van der Waals surface area contributed by atoms with E-state index in [1.54, 1.807) is 20.8 Å². The molecule has 0 heterocycles. The van der Waals surface area contributed by atoms with Gasteiger partial charge in [0.1, 0.15) is 24.8 Å². The Bertz CT molecular complexity index is 1080. The average Bonchev–Trinajstić information content (AvgIpc) is 3.09. The van der Waals surface area contributed by atoms with E-state index in [1.165, 1.54) is 7.05 Å². The quantitative estimate of drug-likeness (QED) is 0.554. The molecule has 0 bridgehead atoms. The highest BCUT2D eigenvalue weighted by atomic mass is 16.6. The summed E-state index contributed by atoms with van der Waals surface area (Å²) < 4.78 is 10.7. The number of nitrogens with zero attached hydrogens (tertiary/aromatic N) is 1. The van der Waals surface area contributed by atoms with Gasteiger partial charge < -0.3 is 24.8 Å². The van der Waals surface area contributed by atoms with E-state index in [2.05, 4.69) is 5.32 Å². The van der Waals surface area contributed by atoms with Crippen LogP contribution < -0.4 is 5.32 Å². The second-order valence-corrected chi connectivity index (χ2v) is 9.40. The molecule has 1 atom stereocenters. The minimum Gasteiger partial charge on any atom is -0.480 e. The molecule has 0 unspecified atom stereocenters. The molecule has 1 aliphatic rings. The normalized spacial score (nSPS) is 13.3. The molecule has 0 radical (unpaired) electrons. The van der Waals surface area contributed by atoms with Gasteiger partial charge in [-0.05, 0) is 43.0 Å². The van der Waals surface area contributed by atoms with Crippen molar-refractivity contribution in [2.75, 3.05) is 20.2 Å². The predicted octanol–water partition coefficient (Wildman–Crippen LogP) is 3.17. The first-order chi connectivity index (χ1) is 16.5. The number of carboxylic acids is 1. The molecule has 9 heteroatoms. The Morgan fingerprint density at radius 3 is 2.06 bits per heavy atom. The summed E-state index contributed by atoms with van der Waals surface area (Å²) in [5.41, 5.74) is 3.42. The number of rotatable bonds is 8. The van der Waals surface area contributed by atoms with Crippen molar-refractivity contribution in [3.63, 3.8) is 0 Å². The second-order valence-electron chi connectivity index (χ2n) is 9.40. The van der Waals surface area contributed by atoms with Gasteiger partial charge in [0.15, 0.2) is 0 Å². The van der Waals surface area contributed by atoms with E-state index in [0.717, 1.165) is 27.2 Å². The van der Waals surface area contributed by atoms with Gasteiger partial charge in [-0.2, -0.15) is 0 Å². The number of hydrogen-bond acceptors (Lipinski definition) is 6. The van der Waals surface area contributed by atoms with Gasteiger partial charge in [0.05, 0.1) is 6.42 Å². The fourth-order valence-electron chi connectivity index (χ4n) is 4.08. The number of carboxylic acid groups (broad SMARTS) is 1. The maximum atomic E-state index is 12.8. The molecule has 3 rings (SSSR count). The van der Waals surface area contributed by atoms with Crippen molar-refractivity contribution in [2.24, 2.45) is 0 Å². The van der Waals surface area contributed by atoms with Crippen LogP contribution in [0, 0.1) is 0 Å². The summed E-state index contributed by atoms with van der Waals surface area (Å²) in [6.07, 6.45) is -1.36. The van der Waals surface area contributed by atoms with Crippen LogP contribution in [-0.2, 0) is 23.9 Å². The van der Waals surface area contributed by atoms with Crippen molar-refractivity contribution >= 4 is 23.9 Å². The molecular weight excluding hydrogens is 452 g/mol. The SMILES string of the molecule is CN(CC(=O)O)C(=O)[C@H](CC(=O)OC(C)(C)C)NC(=O)OCC1c2ccccc2-c2ccccc21. The number of nitrogens with one attached hydrogen (secondary N) is 1. The summed E-state index contributed by atoms with van der Waals surface area (Å²) in [6.45, 7) is 4.47. The molecule has 2 aromatic carbocycles. The smallest absolute Gasteiger partial charge is 0.407 e. The monoisotopic (exact) mass is 482 g/mol. The van der Waals surface area contributed by atoms with Gasteiger partial charge in [-0.3, -0.25) is 14.4 Å². The van der Waals surface area contributed by atoms with Crippen LogP contribution in [0.1, 0.15) is 44.2 Å². The maximum absolute atomic E-state index is 12.8. The third kappa shape index (κ3) is 6.59. The third-order valence-corrected chi connectivity index (χ3v) is 5.47. The number of hydrogen-bond donors (Lipinski definition) is 2. The number of carbonyl (C=O) groups is 4. The first kappa shape index (κ1) is 25.7. The molecule has 9 nitrogen and oxygen atoms in total. The maximum Gasteiger partial charge on any atom is 0.407 e. The Morgan fingerprint density at radius 2 is 1.54 bits per heavy atom. The van der Waals surface area contributed by atoms with E-state index < -0.39 is 48.5 Å². The molecule has 2 amide bonds. The van der Waals surface area contributed by atoms with Crippen molar-refractivity contribution in [1.29, 1.82) is 0 Å². The highest BCUT2D eigenvalue weighted by Gasteiger charge is 2.32. The van der Waals surface area contributed by atoms with E-state index in [4.69, 9.17) is 14.6 Å². The lowest BCUT2D eigenvalue weighted by Crippen LogP contribution is -2.50. The summed E-state index contributed by atoms with van der Waals surface area (Å²) in [5.74, 6) is -2.86. The van der Waals surface area contributed by atoms with E-state index in [9.17, 15) is 19.2 Å². The zero-order valence-corrected chi connectivity index (χ0v) is 20.2. The minimum absolute atomic E-state index is 0.0260. The zero-order chi connectivity index (χ0) is 25.8. The average molecular weight is 483 g/mol.